The van der Waals surface area contributed by atoms with Gasteiger partial charge >= 0.3 is 12.0 Å². The molecule has 14 nitrogen and oxygen atoms in total. The summed E-state index contributed by atoms with van der Waals surface area (Å²) < 4.78 is 20.5. The predicted octanol–water partition coefficient (Wildman–Crippen LogP) is 1.81. The first kappa shape index (κ1) is 26.1. The molecule has 3 N–H and O–H groups in total. The third-order valence-electron chi connectivity index (χ3n) is 7.34. The Morgan fingerprint density at radius 2 is 1.85 bits per heavy atom. The number of anilines is 1. The number of hydrogen-bond acceptors (Lipinski definition) is 9. The van der Waals surface area contributed by atoms with E-state index in [2.05, 4.69) is 25.6 Å². The molecule has 5 heterocycles. The lowest BCUT2D eigenvalue weighted by atomic mass is 10.00. The van der Waals surface area contributed by atoms with Crippen molar-refractivity contribution in [2.24, 2.45) is 0 Å². The number of carboxylic acid groups (broad SMARTS) is 1. The molecule has 3 aliphatic heterocycles. The molecule has 3 fully saturated rings. The zero-order valence-electron chi connectivity index (χ0n) is 21.7. The number of benzene rings is 1. The minimum Gasteiger partial charge on any atom is -0.480 e. The van der Waals surface area contributed by atoms with Crippen LogP contribution in [0.3, 0.4) is 0 Å². The maximum absolute atomic E-state index is 13.8. The maximum atomic E-state index is 13.8. The molecule has 3 aromatic rings. The highest BCUT2D eigenvalue weighted by Gasteiger charge is 2.58. The van der Waals surface area contributed by atoms with Gasteiger partial charge in [0.2, 0.25) is 0 Å². The predicted molar refractivity (Wildman–Crippen MR) is 138 cm³/mol. The van der Waals surface area contributed by atoms with E-state index in [1.165, 1.54) is 17.6 Å². The normalized spacial score (nSPS) is 27.9. The van der Waals surface area contributed by atoms with Gasteiger partial charge in [0.25, 0.3) is 5.91 Å². The van der Waals surface area contributed by atoms with Gasteiger partial charge in [-0.15, -0.1) is 0 Å². The number of carbonyl (C=O) groups is 3. The van der Waals surface area contributed by atoms with Crippen LogP contribution in [0.5, 0.6) is 0 Å². The van der Waals surface area contributed by atoms with Crippen molar-refractivity contribution in [3.8, 4) is 0 Å². The Kier molecular flexibility index (Phi) is 7.04. The average Bonchev–Trinajstić information content (AvgIpc) is 3.67. The summed E-state index contributed by atoms with van der Waals surface area (Å²) in [5, 5.41) is 15.1. The largest absolute Gasteiger partial charge is 0.480 e. The first-order chi connectivity index (χ1) is 19.5. The van der Waals surface area contributed by atoms with Gasteiger partial charge in [0.1, 0.15) is 24.6 Å². The van der Waals surface area contributed by atoms with E-state index in [-0.39, 0.29) is 5.82 Å². The Morgan fingerprint density at radius 1 is 1.05 bits per heavy atom. The minimum atomic E-state index is -1.11. The van der Waals surface area contributed by atoms with Crippen molar-refractivity contribution in [1.29, 1.82) is 0 Å². The number of aliphatic carboxylic acids is 1. The van der Waals surface area contributed by atoms with Crippen molar-refractivity contribution in [2.45, 2.75) is 63.1 Å². The zero-order valence-corrected chi connectivity index (χ0v) is 21.7. The van der Waals surface area contributed by atoms with Crippen LogP contribution in [-0.2, 0) is 23.8 Å². The molecule has 3 saturated heterocycles. The van der Waals surface area contributed by atoms with Crippen molar-refractivity contribution in [1.82, 2.24) is 29.7 Å². The van der Waals surface area contributed by atoms with Gasteiger partial charge in [0.05, 0.1) is 6.33 Å². The monoisotopic (exact) mass is 551 g/mol. The third-order valence-corrected chi connectivity index (χ3v) is 7.34. The van der Waals surface area contributed by atoms with E-state index in [0.717, 1.165) is 12.0 Å². The smallest absolute Gasteiger partial charge is 0.326 e. The molecule has 6 atom stereocenters. The summed E-state index contributed by atoms with van der Waals surface area (Å²) in [6.07, 6.45) is 0.282. The molecular weight excluding hydrogens is 522 g/mol. The number of nitrogens with zero attached hydrogens (tertiary/aromatic N) is 5. The number of nitrogens with one attached hydrogen (secondary N) is 2. The van der Waals surface area contributed by atoms with Crippen LogP contribution < -0.4 is 10.6 Å². The first-order valence-corrected chi connectivity index (χ1v) is 13.2. The molecule has 3 amide bonds. The fraction of sp³-hybridized carbons (Fsp3) is 0.462. The second-order valence-corrected chi connectivity index (χ2v) is 9.80. The highest BCUT2D eigenvalue weighted by atomic mass is 16.8. The Hall–Kier alpha value is -4.14. The molecule has 14 heteroatoms. The van der Waals surface area contributed by atoms with Crippen LogP contribution in [0.1, 0.15) is 44.3 Å². The summed E-state index contributed by atoms with van der Waals surface area (Å²) in [5.41, 5.74) is 1.45. The van der Waals surface area contributed by atoms with E-state index in [1.54, 1.807) is 11.5 Å². The number of imidazole rings is 1. The number of rotatable bonds is 6. The number of ether oxygens (including phenoxy) is 3. The molecule has 40 heavy (non-hydrogen) atoms. The number of urea groups is 1. The number of likely N-dealkylation sites (tertiary alicyclic amines) is 1. The lowest BCUT2D eigenvalue weighted by Gasteiger charge is -2.35. The van der Waals surface area contributed by atoms with Gasteiger partial charge in [-0.3, -0.25) is 14.7 Å². The third kappa shape index (κ3) is 4.63. The van der Waals surface area contributed by atoms with Crippen molar-refractivity contribution in [2.75, 3.05) is 18.4 Å². The molecule has 1 aromatic carbocycles. The van der Waals surface area contributed by atoms with Gasteiger partial charge in [-0.2, -0.15) is 0 Å². The van der Waals surface area contributed by atoms with Crippen LogP contribution in [0.15, 0.2) is 43.0 Å². The summed E-state index contributed by atoms with van der Waals surface area (Å²) in [5.74, 6) is -1.30. The molecule has 3 aliphatic rings. The van der Waals surface area contributed by atoms with Gasteiger partial charge in [0, 0.05) is 18.7 Å². The van der Waals surface area contributed by atoms with Crippen molar-refractivity contribution >= 4 is 34.9 Å². The second kappa shape index (κ2) is 10.8. The molecule has 6 rings (SSSR count). The number of hydrogen-bond donors (Lipinski definition) is 3. The van der Waals surface area contributed by atoms with E-state index < -0.39 is 54.8 Å². The number of piperidine rings is 1. The summed E-state index contributed by atoms with van der Waals surface area (Å²) >= 11 is 0. The number of carboxylic acids is 1. The van der Waals surface area contributed by atoms with E-state index in [0.29, 0.717) is 37.1 Å². The molecule has 2 aromatic heterocycles. The number of aromatic nitrogens is 4. The van der Waals surface area contributed by atoms with E-state index in [9.17, 15) is 19.5 Å². The summed E-state index contributed by atoms with van der Waals surface area (Å²) in [6, 6.07) is 7.96. The quantitative estimate of drug-likeness (QED) is 0.411. The standard InChI is InChI=1S/C26H29N7O7/c1-2-27-26(37)31-20-16-21(29-12-28-20)33(13-30-16)23-19-17(39-25(40-19)14-8-4-3-5-9-14)18(38-23)22(34)32-11-7-6-10-15(32)24(35)36/h3-5,8-9,12-13,15,17-19,23,25H,2,6-7,10-11H2,1H3,(H,35,36)(H2,27,28,29,31,37)/t15-,17?,18?,19?,23?,25-/m0/s1. The Bertz CT molecular complexity index is 1420. The van der Waals surface area contributed by atoms with Crippen LogP contribution in [0.4, 0.5) is 10.6 Å². The van der Waals surface area contributed by atoms with Crippen LogP contribution in [-0.4, -0.2) is 84.9 Å². The summed E-state index contributed by atoms with van der Waals surface area (Å²) in [7, 11) is 0. The van der Waals surface area contributed by atoms with Crippen LogP contribution in [0, 0.1) is 0 Å². The highest BCUT2D eigenvalue weighted by molar-refractivity contribution is 5.95. The number of fused-ring (bicyclic) bond motifs is 2. The number of carbonyl (C=O) groups excluding carboxylic acids is 2. The van der Waals surface area contributed by atoms with Gasteiger partial charge in [0.15, 0.2) is 35.6 Å². The first-order valence-electron chi connectivity index (χ1n) is 13.2. The topological polar surface area (TPSA) is 170 Å². The van der Waals surface area contributed by atoms with Crippen molar-refractivity contribution < 1.29 is 33.7 Å². The van der Waals surface area contributed by atoms with Crippen molar-refractivity contribution in [3.05, 3.63) is 48.5 Å². The lowest BCUT2D eigenvalue weighted by Crippen LogP contribution is -2.53. The maximum Gasteiger partial charge on any atom is 0.326 e. The molecule has 0 radical (unpaired) electrons. The molecule has 0 bridgehead atoms. The molecule has 0 aliphatic carbocycles. The van der Waals surface area contributed by atoms with Crippen LogP contribution >= 0.6 is 0 Å². The van der Waals surface area contributed by atoms with E-state index in [1.807, 2.05) is 30.3 Å². The second-order valence-electron chi connectivity index (χ2n) is 9.80. The Balaban J connectivity index is 1.34. The average molecular weight is 552 g/mol. The summed E-state index contributed by atoms with van der Waals surface area (Å²) in [4.78, 5) is 52.2. The lowest BCUT2D eigenvalue weighted by molar-refractivity contribution is -0.174. The summed E-state index contributed by atoms with van der Waals surface area (Å²) in [6.45, 7) is 2.55. The molecule has 210 valence electrons. The van der Waals surface area contributed by atoms with Gasteiger partial charge in [-0.25, -0.2) is 24.5 Å². The van der Waals surface area contributed by atoms with Gasteiger partial charge in [-0.05, 0) is 26.2 Å². The van der Waals surface area contributed by atoms with Gasteiger partial charge in [-0.1, -0.05) is 30.3 Å². The zero-order chi connectivity index (χ0) is 27.8. The van der Waals surface area contributed by atoms with Crippen LogP contribution in [0.25, 0.3) is 11.2 Å². The van der Waals surface area contributed by atoms with Crippen molar-refractivity contribution in [3.63, 3.8) is 0 Å². The van der Waals surface area contributed by atoms with E-state index in [4.69, 9.17) is 14.2 Å². The molecule has 0 spiro atoms. The molecule has 4 unspecified atom stereocenters. The molecular formula is C26H29N7O7. The highest BCUT2D eigenvalue weighted by Crippen LogP contribution is 2.45. The van der Waals surface area contributed by atoms with E-state index >= 15 is 0 Å². The number of amides is 3. The minimum absolute atomic E-state index is 0.209. The van der Waals surface area contributed by atoms with Gasteiger partial charge < -0.3 is 29.5 Å². The molecule has 0 saturated carbocycles. The fourth-order valence-electron chi connectivity index (χ4n) is 5.50. The SMILES string of the molecule is CCNC(=O)Nc1ncnc2c1ncn2C1OC(C(=O)N2CCCC[C@H]2C(=O)O)C2O[C@H](c3ccccc3)OC21. The fourth-order valence-corrected chi connectivity index (χ4v) is 5.50. The van der Waals surface area contributed by atoms with Crippen LogP contribution in [0.2, 0.25) is 0 Å². The Morgan fingerprint density at radius 3 is 2.62 bits per heavy atom. The Labute approximate surface area is 228 Å².